The Kier molecular flexibility index (Phi) is 40.6. The van der Waals surface area contributed by atoms with Gasteiger partial charge in [-0.3, -0.25) is 53.5 Å². The number of aromatic nitrogens is 3. The van der Waals surface area contributed by atoms with Gasteiger partial charge in [-0.2, -0.15) is 9.78 Å². The largest absolute Gasteiger partial charge is 0.444 e. The van der Waals surface area contributed by atoms with Crippen molar-refractivity contribution in [2.75, 3.05) is 59.9 Å². The summed E-state index contributed by atoms with van der Waals surface area (Å²) in [6.45, 7) is 18.6. The van der Waals surface area contributed by atoms with E-state index < -0.39 is 206 Å². The van der Waals surface area contributed by atoms with Gasteiger partial charge in [0.15, 0.2) is 0 Å². The molecule has 5 rings (SSSR count). The van der Waals surface area contributed by atoms with Crippen LogP contribution in [0.25, 0.3) is 23.1 Å². The number of benzene rings is 3. The molecule has 0 aliphatic carbocycles. The van der Waals surface area contributed by atoms with Crippen LogP contribution in [0.15, 0.2) is 107 Å². The van der Waals surface area contributed by atoms with Gasteiger partial charge < -0.3 is 110 Å². The minimum atomic E-state index is -1.85. The van der Waals surface area contributed by atoms with E-state index in [2.05, 4.69) is 74.1 Å². The molecule has 0 spiro atoms. The van der Waals surface area contributed by atoms with Crippen LogP contribution in [-0.4, -0.2) is 250 Å². The minimum Gasteiger partial charge on any atom is -0.444 e. The average Bonchev–Trinajstić information content (AvgIpc) is 1.62. The van der Waals surface area contributed by atoms with Gasteiger partial charge in [0.2, 0.25) is 53.2 Å². The highest BCUT2D eigenvalue weighted by atomic mass is 32.2. The highest BCUT2D eigenvalue weighted by molar-refractivity contribution is 7.99. The van der Waals surface area contributed by atoms with Crippen LogP contribution in [0, 0.1) is 5.92 Å². The Labute approximate surface area is 714 Å². The van der Waals surface area contributed by atoms with Crippen LogP contribution in [0.4, 0.5) is 19.2 Å². The highest BCUT2D eigenvalue weighted by Gasteiger charge is 2.37. The Morgan fingerprint density at radius 2 is 1.01 bits per heavy atom. The van der Waals surface area contributed by atoms with Crippen molar-refractivity contribution in [2.24, 2.45) is 17.4 Å². The number of carbonyl (C=O) groups is 13. The van der Waals surface area contributed by atoms with E-state index in [1.165, 1.54) is 42.2 Å². The van der Waals surface area contributed by atoms with Crippen molar-refractivity contribution >= 4 is 112 Å². The molecule has 3 aromatic carbocycles. The fourth-order valence-corrected chi connectivity index (χ4v) is 12.9. The third-order valence-corrected chi connectivity index (χ3v) is 19.0. The summed E-state index contributed by atoms with van der Waals surface area (Å²) in [6, 6.07) is 12.8. The molecule has 0 saturated heterocycles. The first kappa shape index (κ1) is 101. The van der Waals surface area contributed by atoms with E-state index in [9.17, 15) is 63.3 Å². The first-order valence-corrected chi connectivity index (χ1v) is 41.1. The SMILES string of the molecule is CNC(=O)[C@H](CCNC(=O)OC(C)(C)C)NC(=O)[C@H](CC(C)C)NC(=O)[C@@H](Cc1ccccc1)NC(=O)[C@H](CCNC(=O)OC(C)(C)C)NC(=O)[C@H](CCNC(=O)[C@@H](N)[C@@H](C)O)NC(=O)[C@H](CCNC(=O)OC(C)(C)C)NC(=O)[C@@H](NC(=O)CCN(CCN)C(=O)n1nc(/C=C/c2ccccn2)c2ccc(Sc3ccccc3C(O)NC)cc21)[C@@H](C)O. The molecule has 0 aliphatic heterocycles. The lowest BCUT2D eigenvalue weighted by Crippen LogP contribution is -2.61. The molecule has 0 radical (unpaired) electrons. The van der Waals surface area contributed by atoms with E-state index in [4.69, 9.17) is 30.8 Å². The summed E-state index contributed by atoms with van der Waals surface area (Å²) >= 11 is 1.33. The van der Waals surface area contributed by atoms with Crippen LogP contribution in [0.1, 0.15) is 157 Å². The zero-order valence-corrected chi connectivity index (χ0v) is 72.8. The molecule has 122 heavy (non-hydrogen) atoms. The molecule has 11 atom stereocenters. The number of alkyl carbamates (subject to hydrolysis) is 3. The maximum absolute atomic E-state index is 15.2. The molecule has 39 heteroatoms. The molecule has 0 bridgehead atoms. The number of ether oxygens (including phenoxy) is 3. The number of fused-ring (bicyclic) bond motifs is 1. The van der Waals surface area contributed by atoms with Gasteiger partial charge in [0.1, 0.15) is 71.4 Å². The average molecular weight is 1720 g/mol. The summed E-state index contributed by atoms with van der Waals surface area (Å²) in [7, 11) is 2.96. The number of likely N-dealkylation sites (N-methyl/N-ethyl adjacent to an activating group) is 1. The van der Waals surface area contributed by atoms with Crippen molar-refractivity contribution in [1.82, 2.24) is 88.8 Å². The molecule has 0 aliphatic rings. The minimum absolute atomic E-state index is 0.00289. The first-order chi connectivity index (χ1) is 57.4. The molecule has 0 saturated carbocycles. The van der Waals surface area contributed by atoms with Crippen molar-refractivity contribution in [3.63, 3.8) is 0 Å². The Morgan fingerprint density at radius 1 is 0.533 bits per heavy atom. The standard InChI is InChI=1S/C83H123N19O19S/c1-48(2)45-61(73(111)93-57(69(107)87-15)33-40-90-77(115)119-81(5,6)7)97-74(112)62(46-51-23-17-16-18-24-51)98-72(110)59(34-41-91-78(116)120-82(8,9)10)95-70(108)58(32-39-89-75(113)66(85)49(3)103)94-71(109)60(35-42-92-79(117)121-83(11,12)13)96-76(114)67(50(4)104)99-65(105)36-43-101(44-37-84)80(118)102-63-47-53(122-64-27-20-19-26-55(64)68(106)86-14)29-30-54(63)56(100-102)31-28-52-25-21-22-38-88-52/h16-31,38,47-50,57-62,66-68,86,103-104,106H,32-37,39-46,84-85H2,1-15H3,(H,87,107)(H,89,113)(H,90,115)(H,91,116)(H,92,117)(H,93,111)(H,94,109)(H,95,108)(H,96,114)(H,97,112)(H,98,110)(H,99,105)/b31-28+/t49-,50-,57+,58+,59+,60+,61+,62-,66+,67+,68?/m1/s1. The maximum Gasteiger partial charge on any atom is 0.407 e. The number of carbonyl (C=O) groups excluding carboxylic acids is 13. The van der Waals surface area contributed by atoms with Crippen molar-refractivity contribution in [3.8, 4) is 0 Å². The first-order valence-electron chi connectivity index (χ1n) is 40.3. The van der Waals surface area contributed by atoms with Crippen LogP contribution in [0.3, 0.4) is 0 Å². The molecule has 2 heterocycles. The summed E-state index contributed by atoms with van der Waals surface area (Å²) in [5, 5.41) is 71.2. The number of nitrogens with one attached hydrogen (secondary N) is 13. The van der Waals surface area contributed by atoms with Crippen molar-refractivity contribution < 1.29 is 91.9 Å². The molecule has 670 valence electrons. The molecule has 20 N–H and O–H groups in total. The smallest absolute Gasteiger partial charge is 0.407 e. The zero-order valence-electron chi connectivity index (χ0n) is 71.9. The Morgan fingerprint density at radius 3 is 1.49 bits per heavy atom. The monoisotopic (exact) mass is 1720 g/mol. The molecule has 38 nitrogen and oxygen atoms in total. The third-order valence-electron chi connectivity index (χ3n) is 17.9. The number of amides is 13. The molecular formula is C83H123N19O19S. The Hall–Kier alpha value is -11.4. The number of rotatable bonds is 44. The summed E-state index contributed by atoms with van der Waals surface area (Å²) in [6.07, 6.45) is -4.01. The number of aliphatic hydroxyl groups excluding tert-OH is 3. The number of hydrogen-bond donors (Lipinski definition) is 18. The van der Waals surface area contributed by atoms with Crippen LogP contribution >= 0.6 is 11.8 Å². The van der Waals surface area contributed by atoms with E-state index in [1.54, 1.807) is 168 Å². The summed E-state index contributed by atoms with van der Waals surface area (Å²) < 4.78 is 17.3. The molecule has 5 aromatic rings. The van der Waals surface area contributed by atoms with Gasteiger partial charge in [0, 0.05) is 92.6 Å². The lowest BCUT2D eigenvalue weighted by molar-refractivity contribution is -0.136. The Balaban J connectivity index is 1.50. The molecule has 1 unspecified atom stereocenters. The fourth-order valence-electron chi connectivity index (χ4n) is 11.9. The number of nitrogens with two attached hydrogens (primary N) is 2. The van der Waals surface area contributed by atoms with Crippen molar-refractivity contribution in [3.05, 3.63) is 120 Å². The summed E-state index contributed by atoms with van der Waals surface area (Å²) in [4.78, 5) is 191. The predicted octanol–water partition coefficient (Wildman–Crippen LogP) is 2.35. The second-order valence-electron chi connectivity index (χ2n) is 32.3. The van der Waals surface area contributed by atoms with E-state index in [1.807, 2.05) is 24.3 Å². The normalized spacial score (nSPS) is 14.4. The van der Waals surface area contributed by atoms with E-state index in [0.29, 0.717) is 38.3 Å². The van der Waals surface area contributed by atoms with Crippen LogP contribution in [0.5, 0.6) is 0 Å². The Bertz CT molecular complexity index is 4360. The molecule has 0 fully saturated rings. The zero-order chi connectivity index (χ0) is 90.8. The van der Waals surface area contributed by atoms with Gasteiger partial charge >= 0.3 is 24.3 Å². The fraction of sp³-hybridized carbons (Fsp3) is 0.530. The molecule has 2 aromatic heterocycles. The second kappa shape index (κ2) is 48.9. The van der Waals surface area contributed by atoms with Gasteiger partial charge in [0.05, 0.1) is 29.1 Å². The predicted molar refractivity (Wildman–Crippen MR) is 456 cm³/mol. The lowest BCUT2D eigenvalue weighted by Gasteiger charge is -2.29. The van der Waals surface area contributed by atoms with Gasteiger partial charge in [-0.25, -0.2) is 19.2 Å². The third kappa shape index (κ3) is 35.4. The lowest BCUT2D eigenvalue weighted by atomic mass is 10.00. The van der Waals surface area contributed by atoms with Gasteiger partial charge in [-0.1, -0.05) is 80.2 Å². The number of aliphatic hydroxyl groups is 3. The van der Waals surface area contributed by atoms with Crippen LogP contribution in [0.2, 0.25) is 0 Å². The number of pyridine rings is 1. The van der Waals surface area contributed by atoms with Gasteiger partial charge in [0.25, 0.3) is 0 Å². The second-order valence-corrected chi connectivity index (χ2v) is 33.4. The van der Waals surface area contributed by atoms with E-state index in [-0.39, 0.29) is 51.4 Å². The highest BCUT2D eigenvalue weighted by Crippen LogP contribution is 2.35. The van der Waals surface area contributed by atoms with Crippen LogP contribution in [-0.2, 0) is 63.8 Å². The van der Waals surface area contributed by atoms with Gasteiger partial charge in [-0.15, -0.1) is 0 Å². The number of hydrogen-bond acceptors (Lipinski definition) is 25. The van der Waals surface area contributed by atoms with Crippen LogP contribution < -0.4 is 80.6 Å². The van der Waals surface area contributed by atoms with E-state index in [0.717, 1.165) is 4.90 Å². The summed E-state index contributed by atoms with van der Waals surface area (Å²) in [5.41, 5.74) is 11.7. The topological polar surface area (TPSA) is 553 Å². The van der Waals surface area contributed by atoms with Crippen molar-refractivity contribution in [1.29, 1.82) is 0 Å². The quantitative estimate of drug-likeness (QED) is 0.0197. The van der Waals surface area contributed by atoms with E-state index >= 15 is 14.4 Å². The number of nitrogens with zero attached hydrogens (tertiary/aromatic N) is 4. The van der Waals surface area contributed by atoms with Crippen molar-refractivity contribution in [2.45, 2.75) is 228 Å². The summed E-state index contributed by atoms with van der Waals surface area (Å²) in [5.74, 6) is -8.95. The van der Waals surface area contributed by atoms with Gasteiger partial charge in [-0.05, 0) is 175 Å². The maximum atomic E-state index is 15.2. The molecule has 13 amide bonds. The molecular weight excluding hydrogens is 1600 g/mol.